The lowest BCUT2D eigenvalue weighted by molar-refractivity contribution is -0.153. The van der Waals surface area contributed by atoms with E-state index in [1.807, 2.05) is 27.7 Å². The van der Waals surface area contributed by atoms with Crippen LogP contribution in [0.2, 0.25) is 0 Å². The van der Waals surface area contributed by atoms with E-state index in [0.717, 1.165) is 11.1 Å². The molecule has 0 unspecified atom stereocenters. The molecule has 5 nitrogen and oxygen atoms in total. The zero-order valence-corrected chi connectivity index (χ0v) is 12.3. The van der Waals surface area contributed by atoms with Crippen molar-refractivity contribution in [3.63, 3.8) is 0 Å². The van der Waals surface area contributed by atoms with Crippen LogP contribution < -0.4 is 5.32 Å². The number of esters is 1. The van der Waals surface area contributed by atoms with Gasteiger partial charge in [-0.1, -0.05) is 6.07 Å². The Morgan fingerprint density at radius 1 is 1.30 bits per heavy atom. The van der Waals surface area contributed by atoms with Crippen LogP contribution in [0.15, 0.2) is 18.2 Å². The van der Waals surface area contributed by atoms with Crippen molar-refractivity contribution in [3.8, 4) is 0 Å². The van der Waals surface area contributed by atoms with Crippen molar-refractivity contribution in [2.75, 3.05) is 6.54 Å². The third-order valence-corrected chi connectivity index (χ3v) is 2.59. The Balaban J connectivity index is 2.51. The van der Waals surface area contributed by atoms with Crippen LogP contribution in [0.3, 0.4) is 0 Å². The molecule has 0 bridgehead atoms. The Kier molecular flexibility index (Phi) is 5.27. The summed E-state index contributed by atoms with van der Waals surface area (Å²) in [5.74, 6) is -1.25. The number of aryl methyl sites for hydroxylation is 1. The van der Waals surface area contributed by atoms with Crippen LogP contribution in [0.5, 0.6) is 0 Å². The minimum absolute atomic E-state index is 0.122. The molecule has 0 saturated heterocycles. The van der Waals surface area contributed by atoms with Crippen molar-refractivity contribution < 1.29 is 19.4 Å². The van der Waals surface area contributed by atoms with Gasteiger partial charge < -0.3 is 15.2 Å². The molecule has 0 amide bonds. The molecule has 1 rings (SSSR count). The van der Waals surface area contributed by atoms with Crippen molar-refractivity contribution in [1.82, 2.24) is 5.32 Å². The van der Waals surface area contributed by atoms with E-state index in [-0.39, 0.29) is 18.1 Å². The quantitative estimate of drug-likeness (QED) is 0.807. The fraction of sp³-hybridized carbons (Fsp3) is 0.467. The van der Waals surface area contributed by atoms with Gasteiger partial charge in [-0.25, -0.2) is 4.79 Å². The van der Waals surface area contributed by atoms with E-state index in [0.29, 0.717) is 6.54 Å². The number of aromatic carboxylic acids is 1. The van der Waals surface area contributed by atoms with Gasteiger partial charge in [-0.3, -0.25) is 4.79 Å². The lowest BCUT2D eigenvalue weighted by atomic mass is 10.1. The molecular weight excluding hydrogens is 258 g/mol. The Labute approximate surface area is 118 Å². The highest BCUT2D eigenvalue weighted by atomic mass is 16.6. The van der Waals surface area contributed by atoms with Gasteiger partial charge in [0.15, 0.2) is 0 Å². The Hall–Kier alpha value is -1.88. The molecule has 5 heteroatoms. The number of carboxylic acid groups (broad SMARTS) is 1. The van der Waals surface area contributed by atoms with Crippen LogP contribution in [0.25, 0.3) is 0 Å². The number of nitrogens with one attached hydrogen (secondary N) is 1. The number of hydrogen-bond donors (Lipinski definition) is 2. The topological polar surface area (TPSA) is 75.6 Å². The molecule has 0 aliphatic heterocycles. The van der Waals surface area contributed by atoms with Crippen LogP contribution in [-0.4, -0.2) is 29.2 Å². The van der Waals surface area contributed by atoms with Gasteiger partial charge in [0.2, 0.25) is 0 Å². The molecule has 2 N–H and O–H groups in total. The zero-order chi connectivity index (χ0) is 15.3. The van der Waals surface area contributed by atoms with E-state index in [1.165, 1.54) is 0 Å². The number of rotatable bonds is 5. The summed E-state index contributed by atoms with van der Waals surface area (Å²) >= 11 is 0. The molecule has 0 spiro atoms. The highest BCUT2D eigenvalue weighted by Gasteiger charge is 2.15. The van der Waals surface area contributed by atoms with Crippen molar-refractivity contribution in [1.29, 1.82) is 0 Å². The summed E-state index contributed by atoms with van der Waals surface area (Å²) in [4.78, 5) is 22.3. The maximum atomic E-state index is 11.5. The molecule has 1 aromatic carbocycles. The average molecular weight is 279 g/mol. The van der Waals surface area contributed by atoms with E-state index >= 15 is 0 Å². The van der Waals surface area contributed by atoms with Crippen LogP contribution in [0.1, 0.15) is 42.3 Å². The van der Waals surface area contributed by atoms with Crippen molar-refractivity contribution in [3.05, 3.63) is 34.9 Å². The first-order valence-electron chi connectivity index (χ1n) is 6.44. The number of carbonyl (C=O) groups excluding carboxylic acids is 1. The Morgan fingerprint density at radius 2 is 1.95 bits per heavy atom. The maximum Gasteiger partial charge on any atom is 0.335 e. The van der Waals surface area contributed by atoms with E-state index in [2.05, 4.69) is 5.32 Å². The number of hydrogen-bond acceptors (Lipinski definition) is 4. The molecule has 0 heterocycles. The van der Waals surface area contributed by atoms with E-state index in [9.17, 15) is 9.59 Å². The molecular formula is C15H21NO4. The lowest BCUT2D eigenvalue weighted by Gasteiger charge is -2.19. The fourth-order valence-electron chi connectivity index (χ4n) is 1.70. The lowest BCUT2D eigenvalue weighted by Crippen LogP contribution is -2.31. The van der Waals surface area contributed by atoms with Gasteiger partial charge in [0.25, 0.3) is 0 Å². The highest BCUT2D eigenvalue weighted by Crippen LogP contribution is 2.11. The fourth-order valence-corrected chi connectivity index (χ4v) is 1.70. The van der Waals surface area contributed by atoms with Gasteiger partial charge in [0.1, 0.15) is 5.60 Å². The molecule has 0 saturated carbocycles. The molecule has 0 aromatic heterocycles. The second-order valence-electron chi connectivity index (χ2n) is 5.64. The number of carboxylic acids is 1. The summed E-state index contributed by atoms with van der Waals surface area (Å²) in [6.07, 6.45) is 0. The van der Waals surface area contributed by atoms with Crippen molar-refractivity contribution >= 4 is 11.9 Å². The number of benzene rings is 1. The summed E-state index contributed by atoms with van der Waals surface area (Å²) in [7, 11) is 0. The molecule has 0 aliphatic carbocycles. The SMILES string of the molecule is Cc1cc(C(=O)O)ccc1CNCC(=O)OC(C)(C)C. The van der Waals surface area contributed by atoms with Crippen LogP contribution in [0, 0.1) is 6.92 Å². The smallest absolute Gasteiger partial charge is 0.335 e. The normalized spacial score (nSPS) is 11.2. The first-order chi connectivity index (χ1) is 9.19. The molecule has 0 aliphatic rings. The molecule has 1 aromatic rings. The predicted molar refractivity (Wildman–Crippen MR) is 75.7 cm³/mol. The van der Waals surface area contributed by atoms with Crippen LogP contribution >= 0.6 is 0 Å². The third-order valence-electron chi connectivity index (χ3n) is 2.59. The first kappa shape index (κ1) is 16.2. The molecule has 0 radical (unpaired) electrons. The number of ether oxygens (including phenoxy) is 1. The van der Waals surface area contributed by atoms with E-state index in [4.69, 9.17) is 9.84 Å². The third kappa shape index (κ3) is 5.40. The predicted octanol–water partition coefficient (Wildman–Crippen LogP) is 2.12. The van der Waals surface area contributed by atoms with E-state index in [1.54, 1.807) is 18.2 Å². The molecule has 20 heavy (non-hydrogen) atoms. The summed E-state index contributed by atoms with van der Waals surface area (Å²) < 4.78 is 5.18. The minimum atomic E-state index is -0.943. The standard InChI is InChI=1S/C15H21NO4/c1-10-7-11(14(18)19)5-6-12(10)8-16-9-13(17)20-15(2,3)4/h5-7,16H,8-9H2,1-4H3,(H,18,19). The molecule has 0 atom stereocenters. The summed E-state index contributed by atoms with van der Waals surface area (Å²) in [5, 5.41) is 11.9. The average Bonchev–Trinajstić information content (AvgIpc) is 2.28. The van der Waals surface area contributed by atoms with Crippen molar-refractivity contribution in [2.45, 2.75) is 39.8 Å². The first-order valence-corrected chi connectivity index (χ1v) is 6.44. The summed E-state index contributed by atoms with van der Waals surface area (Å²) in [6, 6.07) is 4.92. The minimum Gasteiger partial charge on any atom is -0.478 e. The van der Waals surface area contributed by atoms with E-state index < -0.39 is 11.6 Å². The van der Waals surface area contributed by atoms with Crippen LogP contribution in [-0.2, 0) is 16.1 Å². The van der Waals surface area contributed by atoms with Crippen molar-refractivity contribution in [2.24, 2.45) is 0 Å². The van der Waals surface area contributed by atoms with Gasteiger partial charge >= 0.3 is 11.9 Å². The second-order valence-corrected chi connectivity index (χ2v) is 5.64. The summed E-state index contributed by atoms with van der Waals surface area (Å²) in [5.41, 5.74) is 1.61. The summed E-state index contributed by atoms with van der Waals surface area (Å²) in [6.45, 7) is 7.91. The largest absolute Gasteiger partial charge is 0.478 e. The van der Waals surface area contributed by atoms with Gasteiger partial charge in [0, 0.05) is 6.54 Å². The van der Waals surface area contributed by atoms with Gasteiger partial charge in [0.05, 0.1) is 12.1 Å². The Bertz CT molecular complexity index is 503. The van der Waals surface area contributed by atoms with Gasteiger partial charge in [-0.2, -0.15) is 0 Å². The molecule has 110 valence electrons. The second kappa shape index (κ2) is 6.52. The Morgan fingerprint density at radius 3 is 2.45 bits per heavy atom. The number of carbonyl (C=O) groups is 2. The monoisotopic (exact) mass is 279 g/mol. The highest BCUT2D eigenvalue weighted by molar-refractivity contribution is 5.87. The van der Waals surface area contributed by atoms with Gasteiger partial charge in [-0.05, 0) is 51.0 Å². The maximum absolute atomic E-state index is 11.5. The zero-order valence-electron chi connectivity index (χ0n) is 12.3. The molecule has 0 fully saturated rings. The van der Waals surface area contributed by atoms with Crippen LogP contribution in [0.4, 0.5) is 0 Å². The van der Waals surface area contributed by atoms with Gasteiger partial charge in [-0.15, -0.1) is 0 Å².